The van der Waals surface area contributed by atoms with E-state index in [-0.39, 0.29) is 12.5 Å². The average molecular weight is 184 g/mol. The van der Waals surface area contributed by atoms with Crippen molar-refractivity contribution in [3.05, 3.63) is 12.7 Å². The van der Waals surface area contributed by atoms with Crippen LogP contribution in [0.4, 0.5) is 0 Å². The van der Waals surface area contributed by atoms with Gasteiger partial charge in [0.2, 0.25) is 0 Å². The molecule has 2 fully saturated rings. The first-order chi connectivity index (χ1) is 6.09. The van der Waals surface area contributed by atoms with E-state index >= 15 is 0 Å². The van der Waals surface area contributed by atoms with Crippen LogP contribution in [0.1, 0.15) is 19.3 Å². The maximum Gasteiger partial charge on any atom is 0.0944 e. The van der Waals surface area contributed by atoms with E-state index in [0.29, 0.717) is 19.3 Å². The van der Waals surface area contributed by atoms with Crippen molar-refractivity contribution in [3.8, 4) is 0 Å². The first-order valence-electron chi connectivity index (χ1n) is 4.71. The second kappa shape index (κ2) is 2.56. The molecule has 2 unspecified atom stereocenters. The molecule has 0 amide bonds. The Morgan fingerprint density at radius 3 is 2.54 bits per heavy atom. The van der Waals surface area contributed by atoms with Gasteiger partial charge in [-0.05, 0) is 25.2 Å². The Balaban J connectivity index is 2.20. The van der Waals surface area contributed by atoms with Gasteiger partial charge in [0.05, 0.1) is 18.3 Å². The quantitative estimate of drug-likeness (QED) is 0.543. The highest BCUT2D eigenvalue weighted by atomic mass is 16.4. The van der Waals surface area contributed by atoms with Gasteiger partial charge in [0, 0.05) is 5.41 Å². The third kappa shape index (κ3) is 1.01. The number of allylic oxidation sites excluding steroid dienone is 1. The van der Waals surface area contributed by atoms with Crippen molar-refractivity contribution < 1.29 is 15.3 Å². The molecule has 0 aliphatic heterocycles. The highest BCUT2D eigenvalue weighted by Crippen LogP contribution is 2.63. The molecule has 4 atom stereocenters. The third-order valence-corrected chi connectivity index (χ3v) is 3.69. The minimum absolute atomic E-state index is 0.0704. The van der Waals surface area contributed by atoms with Gasteiger partial charge in [-0.25, -0.2) is 0 Å². The summed E-state index contributed by atoms with van der Waals surface area (Å²) in [6.07, 6.45) is 2.89. The molecule has 2 aliphatic rings. The molecule has 0 radical (unpaired) electrons. The third-order valence-electron chi connectivity index (χ3n) is 3.69. The molecule has 0 aromatic heterocycles. The molecule has 0 heterocycles. The molecule has 74 valence electrons. The van der Waals surface area contributed by atoms with Crippen molar-refractivity contribution >= 4 is 0 Å². The minimum Gasteiger partial charge on any atom is -0.396 e. The predicted octanol–water partition coefficient (Wildman–Crippen LogP) is 0.0568. The Morgan fingerprint density at radius 2 is 2.15 bits per heavy atom. The van der Waals surface area contributed by atoms with Crippen LogP contribution in [0.25, 0.3) is 0 Å². The van der Waals surface area contributed by atoms with Crippen LogP contribution in [-0.2, 0) is 0 Å². The Labute approximate surface area is 77.7 Å². The molecule has 13 heavy (non-hydrogen) atoms. The van der Waals surface area contributed by atoms with Crippen LogP contribution in [-0.4, -0.2) is 33.6 Å². The summed E-state index contributed by atoms with van der Waals surface area (Å²) in [4.78, 5) is 0. The average Bonchev–Trinajstić information content (AvgIpc) is 2.70. The van der Waals surface area contributed by atoms with Crippen LogP contribution < -0.4 is 0 Å². The molecule has 3 heteroatoms. The molecule has 2 saturated carbocycles. The van der Waals surface area contributed by atoms with E-state index in [9.17, 15) is 15.3 Å². The lowest BCUT2D eigenvalue weighted by atomic mass is 9.78. The van der Waals surface area contributed by atoms with Crippen LogP contribution in [0.2, 0.25) is 0 Å². The first kappa shape index (κ1) is 9.19. The fourth-order valence-corrected chi connectivity index (χ4v) is 2.75. The summed E-state index contributed by atoms with van der Waals surface area (Å²) in [6.45, 7) is 3.54. The SMILES string of the molecule is C=CC[C@]1(CO)C[C@H]2CC2(O)C1O. The van der Waals surface area contributed by atoms with Crippen LogP contribution >= 0.6 is 0 Å². The van der Waals surface area contributed by atoms with Gasteiger partial charge in [-0.15, -0.1) is 6.58 Å². The largest absolute Gasteiger partial charge is 0.396 e. The van der Waals surface area contributed by atoms with Crippen molar-refractivity contribution in [3.63, 3.8) is 0 Å². The van der Waals surface area contributed by atoms with Gasteiger partial charge in [0.25, 0.3) is 0 Å². The van der Waals surface area contributed by atoms with Gasteiger partial charge in [-0.2, -0.15) is 0 Å². The molecule has 0 aromatic carbocycles. The van der Waals surface area contributed by atoms with Crippen molar-refractivity contribution in [2.24, 2.45) is 11.3 Å². The fourth-order valence-electron chi connectivity index (χ4n) is 2.75. The predicted molar refractivity (Wildman–Crippen MR) is 48.0 cm³/mol. The number of hydrogen-bond acceptors (Lipinski definition) is 3. The monoisotopic (exact) mass is 184 g/mol. The molecule has 3 N–H and O–H groups in total. The van der Waals surface area contributed by atoms with Crippen molar-refractivity contribution in [2.75, 3.05) is 6.61 Å². The summed E-state index contributed by atoms with van der Waals surface area (Å²) in [5.41, 5.74) is -1.43. The number of rotatable bonds is 3. The Morgan fingerprint density at radius 1 is 1.46 bits per heavy atom. The topological polar surface area (TPSA) is 60.7 Å². The van der Waals surface area contributed by atoms with Gasteiger partial charge < -0.3 is 15.3 Å². The zero-order chi connectivity index (χ0) is 9.69. The lowest BCUT2D eigenvalue weighted by Crippen LogP contribution is -2.42. The zero-order valence-electron chi connectivity index (χ0n) is 7.61. The highest BCUT2D eigenvalue weighted by Gasteiger charge is 2.70. The Hall–Kier alpha value is -0.380. The second-order valence-corrected chi connectivity index (χ2v) is 4.51. The maximum atomic E-state index is 9.88. The smallest absolute Gasteiger partial charge is 0.0944 e. The number of aliphatic hydroxyl groups is 3. The van der Waals surface area contributed by atoms with Crippen molar-refractivity contribution in [1.29, 1.82) is 0 Å². The summed E-state index contributed by atoms with van der Waals surface area (Å²) >= 11 is 0. The van der Waals surface area contributed by atoms with Crippen LogP contribution in [0, 0.1) is 11.3 Å². The van der Waals surface area contributed by atoms with Gasteiger partial charge in [-0.3, -0.25) is 0 Å². The van der Waals surface area contributed by atoms with Crippen LogP contribution in [0.5, 0.6) is 0 Å². The van der Waals surface area contributed by atoms with Crippen LogP contribution in [0.15, 0.2) is 12.7 Å². The molecule has 2 rings (SSSR count). The molecular weight excluding hydrogens is 168 g/mol. The second-order valence-electron chi connectivity index (χ2n) is 4.51. The Bertz CT molecular complexity index is 240. The van der Waals surface area contributed by atoms with Gasteiger partial charge in [0.15, 0.2) is 0 Å². The molecule has 3 nitrogen and oxygen atoms in total. The molecule has 0 bridgehead atoms. The van der Waals surface area contributed by atoms with E-state index in [4.69, 9.17) is 0 Å². The van der Waals surface area contributed by atoms with Crippen molar-refractivity contribution in [1.82, 2.24) is 0 Å². The molecular formula is C10H16O3. The highest BCUT2D eigenvalue weighted by molar-refractivity contribution is 5.21. The normalized spacial score (nSPS) is 53.2. The lowest BCUT2D eigenvalue weighted by molar-refractivity contribution is -0.0726. The lowest BCUT2D eigenvalue weighted by Gasteiger charge is -2.33. The van der Waals surface area contributed by atoms with Gasteiger partial charge >= 0.3 is 0 Å². The minimum atomic E-state index is -0.897. The van der Waals surface area contributed by atoms with E-state index in [1.165, 1.54) is 0 Å². The Kier molecular flexibility index (Phi) is 1.81. The fraction of sp³-hybridized carbons (Fsp3) is 0.800. The standard InChI is InChI=1S/C10H16O3/c1-2-3-9(6-11)4-7-5-10(7,13)8(9)12/h2,7-8,11-13H,1,3-6H2/t7-,8?,9+,10?/m0/s1. The summed E-state index contributed by atoms with van der Waals surface area (Å²) in [7, 11) is 0. The summed E-state index contributed by atoms with van der Waals surface area (Å²) in [6, 6.07) is 0. The van der Waals surface area contributed by atoms with Crippen LogP contribution in [0.3, 0.4) is 0 Å². The van der Waals surface area contributed by atoms with E-state index in [2.05, 4.69) is 6.58 Å². The zero-order valence-corrected chi connectivity index (χ0v) is 7.61. The van der Waals surface area contributed by atoms with E-state index < -0.39 is 17.1 Å². The summed E-state index contributed by atoms with van der Waals surface area (Å²) in [5.74, 6) is 0.189. The summed E-state index contributed by atoms with van der Waals surface area (Å²) < 4.78 is 0. The van der Waals surface area contributed by atoms with Gasteiger partial charge in [-0.1, -0.05) is 6.08 Å². The van der Waals surface area contributed by atoms with E-state index in [1.807, 2.05) is 0 Å². The number of fused-ring (bicyclic) bond motifs is 1. The molecule has 2 aliphatic carbocycles. The van der Waals surface area contributed by atoms with Crippen molar-refractivity contribution in [2.45, 2.75) is 31.0 Å². The summed E-state index contributed by atoms with van der Waals surface area (Å²) in [5, 5.41) is 29.0. The number of aliphatic hydroxyl groups excluding tert-OH is 2. The van der Waals surface area contributed by atoms with Gasteiger partial charge in [0.1, 0.15) is 0 Å². The molecule has 0 aromatic rings. The molecule has 0 saturated heterocycles. The molecule has 0 spiro atoms. The maximum absolute atomic E-state index is 9.88. The van der Waals surface area contributed by atoms with E-state index in [1.54, 1.807) is 6.08 Å². The first-order valence-corrected chi connectivity index (χ1v) is 4.71. The number of hydrogen-bond donors (Lipinski definition) is 3. The van der Waals surface area contributed by atoms with E-state index in [0.717, 1.165) is 0 Å².